The van der Waals surface area contributed by atoms with Gasteiger partial charge in [-0.15, -0.1) is 0 Å². The SMILES string of the molecule is Cc1ccc(NC(=O)c2ccc(OC(C)C)cc2)c2cccnc12. The highest BCUT2D eigenvalue weighted by molar-refractivity contribution is 6.09. The first-order chi connectivity index (χ1) is 11.5. The van der Waals surface area contributed by atoms with Gasteiger partial charge in [-0.05, 0) is 68.8 Å². The summed E-state index contributed by atoms with van der Waals surface area (Å²) in [6.07, 6.45) is 1.87. The fourth-order valence-electron chi connectivity index (χ4n) is 2.57. The Morgan fingerprint density at radius 1 is 1.08 bits per heavy atom. The topological polar surface area (TPSA) is 51.2 Å². The number of hydrogen-bond acceptors (Lipinski definition) is 3. The van der Waals surface area contributed by atoms with Gasteiger partial charge < -0.3 is 10.1 Å². The van der Waals surface area contributed by atoms with Gasteiger partial charge in [-0.2, -0.15) is 0 Å². The third kappa shape index (κ3) is 3.38. The fourth-order valence-corrected chi connectivity index (χ4v) is 2.57. The number of carbonyl (C=O) groups is 1. The molecule has 0 bridgehead atoms. The zero-order valence-electron chi connectivity index (χ0n) is 14.0. The number of anilines is 1. The van der Waals surface area contributed by atoms with E-state index in [4.69, 9.17) is 4.74 Å². The number of hydrogen-bond donors (Lipinski definition) is 1. The van der Waals surface area contributed by atoms with Crippen LogP contribution in [0.4, 0.5) is 5.69 Å². The van der Waals surface area contributed by atoms with E-state index in [1.54, 1.807) is 18.3 Å². The Labute approximate surface area is 141 Å². The second kappa shape index (κ2) is 6.71. The van der Waals surface area contributed by atoms with Crippen LogP contribution in [0.2, 0.25) is 0 Å². The molecule has 0 atom stereocenters. The predicted molar refractivity (Wildman–Crippen MR) is 96.6 cm³/mol. The Hall–Kier alpha value is -2.88. The number of fused-ring (bicyclic) bond motifs is 1. The van der Waals surface area contributed by atoms with E-state index >= 15 is 0 Å². The summed E-state index contributed by atoms with van der Waals surface area (Å²) in [5, 5.41) is 3.90. The van der Waals surface area contributed by atoms with Gasteiger partial charge in [0.15, 0.2) is 0 Å². The van der Waals surface area contributed by atoms with Crippen LogP contribution in [0.25, 0.3) is 10.9 Å². The van der Waals surface area contributed by atoms with Crippen molar-refractivity contribution in [1.82, 2.24) is 4.98 Å². The Morgan fingerprint density at radius 3 is 2.54 bits per heavy atom. The van der Waals surface area contributed by atoms with Gasteiger partial charge in [0, 0.05) is 17.1 Å². The Balaban J connectivity index is 1.84. The van der Waals surface area contributed by atoms with Crippen molar-refractivity contribution < 1.29 is 9.53 Å². The van der Waals surface area contributed by atoms with Gasteiger partial charge in [0.2, 0.25) is 0 Å². The number of benzene rings is 2. The predicted octanol–water partition coefficient (Wildman–Crippen LogP) is 4.58. The number of amides is 1. The monoisotopic (exact) mass is 320 g/mol. The molecule has 4 heteroatoms. The van der Waals surface area contributed by atoms with Gasteiger partial charge in [-0.3, -0.25) is 9.78 Å². The number of nitrogens with zero attached hydrogens (tertiary/aromatic N) is 1. The first-order valence-corrected chi connectivity index (χ1v) is 7.97. The molecular weight excluding hydrogens is 300 g/mol. The molecule has 0 spiro atoms. The summed E-state index contributed by atoms with van der Waals surface area (Å²) < 4.78 is 5.60. The molecule has 3 rings (SSSR count). The molecule has 0 aliphatic heterocycles. The van der Waals surface area contributed by atoms with E-state index in [0.29, 0.717) is 5.56 Å². The second-order valence-electron chi connectivity index (χ2n) is 5.97. The molecule has 1 aromatic heterocycles. The van der Waals surface area contributed by atoms with E-state index < -0.39 is 0 Å². The number of aryl methyl sites for hydroxylation is 1. The van der Waals surface area contributed by atoms with Crippen LogP contribution in [0.5, 0.6) is 5.75 Å². The normalized spacial score (nSPS) is 10.8. The summed E-state index contributed by atoms with van der Waals surface area (Å²) in [5.74, 6) is 0.603. The molecule has 0 saturated carbocycles. The minimum Gasteiger partial charge on any atom is -0.491 e. The molecule has 2 aromatic carbocycles. The van der Waals surface area contributed by atoms with E-state index in [2.05, 4.69) is 10.3 Å². The molecule has 0 fully saturated rings. The van der Waals surface area contributed by atoms with Crippen LogP contribution in [0.15, 0.2) is 54.7 Å². The number of rotatable bonds is 4. The molecule has 1 amide bonds. The molecule has 3 aromatic rings. The smallest absolute Gasteiger partial charge is 0.255 e. The largest absolute Gasteiger partial charge is 0.491 e. The van der Waals surface area contributed by atoms with Gasteiger partial charge in [-0.1, -0.05) is 6.07 Å². The molecule has 4 nitrogen and oxygen atoms in total. The first kappa shape index (κ1) is 16.0. The van der Waals surface area contributed by atoms with Crippen molar-refractivity contribution in [3.63, 3.8) is 0 Å². The van der Waals surface area contributed by atoms with Gasteiger partial charge in [0.05, 0.1) is 17.3 Å². The van der Waals surface area contributed by atoms with Crippen molar-refractivity contribution in [3.8, 4) is 5.75 Å². The molecule has 122 valence electrons. The maximum absolute atomic E-state index is 12.5. The van der Waals surface area contributed by atoms with Crippen LogP contribution in [0.1, 0.15) is 29.8 Å². The highest BCUT2D eigenvalue weighted by atomic mass is 16.5. The highest BCUT2D eigenvalue weighted by Crippen LogP contribution is 2.25. The average Bonchev–Trinajstić information content (AvgIpc) is 2.58. The lowest BCUT2D eigenvalue weighted by Crippen LogP contribution is -2.12. The van der Waals surface area contributed by atoms with Crippen LogP contribution in [-0.2, 0) is 0 Å². The third-order valence-corrected chi connectivity index (χ3v) is 3.71. The molecular formula is C20H20N2O2. The molecule has 0 radical (unpaired) electrons. The molecule has 0 aliphatic rings. The van der Waals surface area contributed by atoms with Crippen LogP contribution in [0.3, 0.4) is 0 Å². The lowest BCUT2D eigenvalue weighted by atomic mass is 10.1. The van der Waals surface area contributed by atoms with E-state index in [-0.39, 0.29) is 12.0 Å². The molecule has 0 saturated heterocycles. The maximum atomic E-state index is 12.5. The maximum Gasteiger partial charge on any atom is 0.255 e. The van der Waals surface area contributed by atoms with Crippen molar-refractivity contribution in [1.29, 1.82) is 0 Å². The number of carbonyl (C=O) groups excluding carboxylic acids is 1. The summed E-state index contributed by atoms with van der Waals surface area (Å²) in [7, 11) is 0. The van der Waals surface area contributed by atoms with Gasteiger partial charge in [0.1, 0.15) is 5.75 Å². The standard InChI is InChI=1S/C20H20N2O2/c1-13(2)24-16-9-7-15(8-10-16)20(23)22-18-11-6-14(3)19-17(18)5-4-12-21-19/h4-13H,1-3H3,(H,22,23). The molecule has 1 N–H and O–H groups in total. The summed E-state index contributed by atoms with van der Waals surface area (Å²) in [6.45, 7) is 5.95. The molecule has 24 heavy (non-hydrogen) atoms. The lowest BCUT2D eigenvalue weighted by Gasteiger charge is -2.11. The molecule has 0 aliphatic carbocycles. The minimum absolute atomic E-state index is 0.107. The van der Waals surface area contributed by atoms with Gasteiger partial charge >= 0.3 is 0 Å². The highest BCUT2D eigenvalue weighted by Gasteiger charge is 2.10. The molecule has 1 heterocycles. The van der Waals surface area contributed by atoms with E-state index in [9.17, 15) is 4.79 Å². The average molecular weight is 320 g/mol. The Morgan fingerprint density at radius 2 is 1.83 bits per heavy atom. The number of ether oxygens (including phenoxy) is 1. The zero-order valence-corrected chi connectivity index (χ0v) is 14.0. The van der Waals surface area contributed by atoms with Gasteiger partial charge in [0.25, 0.3) is 5.91 Å². The third-order valence-electron chi connectivity index (χ3n) is 3.71. The summed E-state index contributed by atoms with van der Waals surface area (Å²) in [4.78, 5) is 16.9. The quantitative estimate of drug-likeness (QED) is 0.765. The van der Waals surface area contributed by atoms with Crippen molar-refractivity contribution in [2.24, 2.45) is 0 Å². The van der Waals surface area contributed by atoms with Crippen molar-refractivity contribution >= 4 is 22.5 Å². The Kier molecular flexibility index (Phi) is 4.47. The first-order valence-electron chi connectivity index (χ1n) is 7.97. The minimum atomic E-state index is -0.153. The van der Waals surface area contributed by atoms with Crippen LogP contribution >= 0.6 is 0 Å². The Bertz CT molecular complexity index is 870. The summed E-state index contributed by atoms with van der Waals surface area (Å²) in [5.41, 5.74) is 3.33. The summed E-state index contributed by atoms with van der Waals surface area (Å²) >= 11 is 0. The van der Waals surface area contributed by atoms with E-state index in [0.717, 1.165) is 27.9 Å². The van der Waals surface area contributed by atoms with Crippen molar-refractivity contribution in [3.05, 3.63) is 65.9 Å². The van der Waals surface area contributed by atoms with E-state index in [1.807, 2.05) is 57.2 Å². The van der Waals surface area contributed by atoms with Gasteiger partial charge in [-0.25, -0.2) is 0 Å². The molecule has 0 unspecified atom stereocenters. The lowest BCUT2D eigenvalue weighted by molar-refractivity contribution is 0.102. The summed E-state index contributed by atoms with van der Waals surface area (Å²) in [6, 6.07) is 14.9. The number of pyridine rings is 1. The second-order valence-corrected chi connectivity index (χ2v) is 5.97. The van der Waals surface area contributed by atoms with E-state index in [1.165, 1.54) is 0 Å². The number of nitrogens with one attached hydrogen (secondary N) is 1. The van der Waals surface area contributed by atoms with Crippen LogP contribution in [0, 0.1) is 6.92 Å². The van der Waals surface area contributed by atoms with Crippen molar-refractivity contribution in [2.45, 2.75) is 26.9 Å². The van der Waals surface area contributed by atoms with Crippen LogP contribution < -0.4 is 10.1 Å². The zero-order chi connectivity index (χ0) is 17.1. The van der Waals surface area contributed by atoms with Crippen LogP contribution in [-0.4, -0.2) is 17.0 Å². The fraction of sp³-hybridized carbons (Fsp3) is 0.200. The number of aromatic nitrogens is 1. The van der Waals surface area contributed by atoms with Crippen molar-refractivity contribution in [2.75, 3.05) is 5.32 Å².